The van der Waals surface area contributed by atoms with Crippen molar-refractivity contribution in [3.05, 3.63) is 60.0 Å². The van der Waals surface area contributed by atoms with Crippen molar-refractivity contribution in [2.45, 2.75) is 32.2 Å². The van der Waals surface area contributed by atoms with Gasteiger partial charge in [0.2, 0.25) is 5.95 Å². The maximum absolute atomic E-state index is 15.5. The van der Waals surface area contributed by atoms with Crippen molar-refractivity contribution in [2.24, 2.45) is 0 Å². The average Bonchev–Trinajstić information content (AvgIpc) is 3.69. The molecule has 0 spiro atoms. The fourth-order valence-corrected chi connectivity index (χ4v) is 7.48. The molecule has 0 aliphatic carbocycles. The normalized spacial score (nSPS) is 18.4. The zero-order valence-corrected chi connectivity index (χ0v) is 25.8. The first-order valence-electron chi connectivity index (χ1n) is 15.4. The van der Waals surface area contributed by atoms with Crippen LogP contribution in [0.1, 0.15) is 25.3 Å². The van der Waals surface area contributed by atoms with Gasteiger partial charge in [0.25, 0.3) is 0 Å². The number of anilines is 6. The van der Waals surface area contributed by atoms with Crippen molar-refractivity contribution in [2.75, 3.05) is 78.5 Å². The molecule has 0 atom stereocenters. The lowest BCUT2D eigenvalue weighted by Crippen LogP contribution is -2.53. The number of H-pyrrole nitrogens is 1. The van der Waals surface area contributed by atoms with Crippen LogP contribution in [0.15, 0.2) is 48.7 Å². The minimum Gasteiger partial charge on any atom is -0.369 e. The standard InChI is InChI=1S/C32H40FN9S/c1-3-39-17-19-40(20-18-39)24-11-14-41(15-12-24)28-8-7-23(21-26(28)33)35-32-37-30-25(9-13-34-30)31(38-32)36-27-6-4-5-22-10-16-42(43-2)29(22)27/h4-9,13,21,24H,3,10-12,14-20H2,1-2H3,(H3,34,35,36,37,38). The third kappa shape index (κ3) is 5.73. The molecule has 0 saturated carbocycles. The number of nitrogens with zero attached hydrogens (tertiary/aromatic N) is 6. The molecule has 2 aromatic heterocycles. The van der Waals surface area contributed by atoms with E-state index < -0.39 is 0 Å². The number of aromatic amines is 1. The van der Waals surface area contributed by atoms with Crippen molar-refractivity contribution < 1.29 is 4.39 Å². The van der Waals surface area contributed by atoms with E-state index in [4.69, 9.17) is 4.98 Å². The Balaban J connectivity index is 1.05. The van der Waals surface area contributed by atoms with Crippen LogP contribution >= 0.6 is 11.9 Å². The van der Waals surface area contributed by atoms with E-state index in [2.05, 4.69) is 71.0 Å². The van der Waals surface area contributed by atoms with E-state index in [1.807, 2.05) is 24.4 Å². The monoisotopic (exact) mass is 601 g/mol. The lowest BCUT2D eigenvalue weighted by molar-refractivity contribution is 0.0878. The van der Waals surface area contributed by atoms with E-state index in [1.54, 1.807) is 18.0 Å². The summed E-state index contributed by atoms with van der Waals surface area (Å²) >= 11 is 1.73. The number of aromatic nitrogens is 3. The number of para-hydroxylation sites is 1. The van der Waals surface area contributed by atoms with E-state index >= 15 is 4.39 Å². The Morgan fingerprint density at radius 1 is 0.977 bits per heavy atom. The Hall–Kier alpha value is -3.54. The van der Waals surface area contributed by atoms with Gasteiger partial charge in [-0.1, -0.05) is 31.0 Å². The molecule has 226 valence electrons. The summed E-state index contributed by atoms with van der Waals surface area (Å²) < 4.78 is 17.8. The molecule has 0 radical (unpaired) electrons. The first-order chi connectivity index (χ1) is 21.1. The molecule has 4 aromatic rings. The number of piperidine rings is 1. The van der Waals surface area contributed by atoms with Crippen LogP contribution in [0.25, 0.3) is 11.0 Å². The Bertz CT molecular complexity index is 1580. The van der Waals surface area contributed by atoms with Gasteiger partial charge in [0.05, 0.1) is 22.4 Å². The SMILES string of the molecule is CCN1CCN(C2CCN(c3ccc(Nc4nc(Nc5cccc6c5N(SC)CC6)c5cc[nH]c5n4)cc3F)CC2)CC1. The maximum Gasteiger partial charge on any atom is 0.231 e. The van der Waals surface area contributed by atoms with Gasteiger partial charge in [-0.25, -0.2) is 4.39 Å². The van der Waals surface area contributed by atoms with Crippen LogP contribution in [0.2, 0.25) is 0 Å². The third-order valence-corrected chi connectivity index (χ3v) is 10.0. The Morgan fingerprint density at radius 2 is 1.81 bits per heavy atom. The average molecular weight is 602 g/mol. The fraction of sp³-hybridized carbons (Fsp3) is 0.438. The first kappa shape index (κ1) is 28.2. The van der Waals surface area contributed by atoms with E-state index in [1.165, 1.54) is 11.3 Å². The van der Waals surface area contributed by atoms with Crippen molar-refractivity contribution in [1.29, 1.82) is 0 Å². The first-order valence-corrected chi connectivity index (χ1v) is 16.6. The van der Waals surface area contributed by atoms with Gasteiger partial charge in [-0.15, -0.1) is 0 Å². The summed E-state index contributed by atoms with van der Waals surface area (Å²) in [5, 5.41) is 7.71. The van der Waals surface area contributed by atoms with E-state index in [9.17, 15) is 0 Å². The number of fused-ring (bicyclic) bond motifs is 2. The highest BCUT2D eigenvalue weighted by atomic mass is 32.2. The summed E-state index contributed by atoms with van der Waals surface area (Å²) in [7, 11) is 0. The number of halogens is 1. The number of piperazine rings is 1. The zero-order valence-electron chi connectivity index (χ0n) is 24.9. The molecule has 7 rings (SSSR count). The predicted molar refractivity (Wildman–Crippen MR) is 177 cm³/mol. The lowest BCUT2D eigenvalue weighted by Gasteiger charge is -2.43. The molecular formula is C32H40FN9S. The van der Waals surface area contributed by atoms with Gasteiger partial charge in [0.15, 0.2) is 0 Å². The van der Waals surface area contributed by atoms with Gasteiger partial charge < -0.3 is 29.7 Å². The molecule has 5 heterocycles. The molecule has 3 N–H and O–H groups in total. The Kier molecular flexibility index (Phi) is 8.03. The molecule has 2 aromatic carbocycles. The minimum absolute atomic E-state index is 0.226. The number of likely N-dealkylation sites (N-methyl/N-ethyl adjacent to an activating group) is 1. The van der Waals surface area contributed by atoms with Crippen LogP contribution in [0.5, 0.6) is 0 Å². The summed E-state index contributed by atoms with van der Waals surface area (Å²) in [5.74, 6) is 0.880. The number of nitrogens with one attached hydrogen (secondary N) is 3. The molecule has 0 amide bonds. The van der Waals surface area contributed by atoms with Crippen LogP contribution in [-0.2, 0) is 6.42 Å². The predicted octanol–water partition coefficient (Wildman–Crippen LogP) is 5.83. The van der Waals surface area contributed by atoms with Gasteiger partial charge in [-0.05, 0) is 61.7 Å². The highest BCUT2D eigenvalue weighted by molar-refractivity contribution is 8.00. The van der Waals surface area contributed by atoms with Gasteiger partial charge in [-0.3, -0.25) is 4.90 Å². The van der Waals surface area contributed by atoms with E-state index in [-0.39, 0.29) is 5.82 Å². The Morgan fingerprint density at radius 3 is 2.58 bits per heavy atom. The molecular weight excluding hydrogens is 561 g/mol. The number of hydrogen-bond acceptors (Lipinski definition) is 9. The highest BCUT2D eigenvalue weighted by Gasteiger charge is 2.28. The summed E-state index contributed by atoms with van der Waals surface area (Å²) in [6.07, 6.45) is 7.14. The molecule has 2 fully saturated rings. The largest absolute Gasteiger partial charge is 0.369 e. The third-order valence-electron chi connectivity index (χ3n) is 9.22. The van der Waals surface area contributed by atoms with Gasteiger partial charge >= 0.3 is 0 Å². The molecule has 3 aliphatic rings. The summed E-state index contributed by atoms with van der Waals surface area (Å²) in [5.41, 5.74) is 5.54. The molecule has 9 nitrogen and oxygen atoms in total. The zero-order chi connectivity index (χ0) is 29.3. The van der Waals surface area contributed by atoms with Crippen molar-refractivity contribution in [1.82, 2.24) is 24.8 Å². The number of benzene rings is 2. The molecule has 11 heteroatoms. The van der Waals surface area contributed by atoms with Crippen LogP contribution in [0, 0.1) is 5.82 Å². The Labute approximate surface area is 257 Å². The van der Waals surface area contributed by atoms with Crippen LogP contribution in [0.3, 0.4) is 0 Å². The second-order valence-corrected chi connectivity index (χ2v) is 12.4. The second kappa shape index (κ2) is 12.2. The topological polar surface area (TPSA) is 78.6 Å². The molecule has 3 aliphatic heterocycles. The van der Waals surface area contributed by atoms with Gasteiger partial charge in [0, 0.05) is 70.0 Å². The summed E-state index contributed by atoms with van der Waals surface area (Å²) in [6.45, 7) is 10.7. The van der Waals surface area contributed by atoms with Crippen LogP contribution in [0.4, 0.5) is 38.9 Å². The maximum atomic E-state index is 15.5. The second-order valence-electron chi connectivity index (χ2n) is 11.6. The number of rotatable bonds is 8. The van der Waals surface area contributed by atoms with Gasteiger partial charge in [0.1, 0.15) is 17.3 Å². The summed E-state index contributed by atoms with van der Waals surface area (Å²) in [4.78, 5) is 20.1. The lowest BCUT2D eigenvalue weighted by atomic mass is 10.0. The van der Waals surface area contributed by atoms with Crippen molar-refractivity contribution >= 4 is 57.5 Å². The van der Waals surface area contributed by atoms with E-state index in [0.29, 0.717) is 34.8 Å². The molecule has 43 heavy (non-hydrogen) atoms. The van der Waals surface area contributed by atoms with Crippen molar-refractivity contribution in [3.8, 4) is 0 Å². The van der Waals surface area contributed by atoms with E-state index in [0.717, 1.165) is 82.7 Å². The smallest absolute Gasteiger partial charge is 0.231 e. The van der Waals surface area contributed by atoms with Crippen LogP contribution in [-0.4, -0.2) is 89.4 Å². The molecule has 0 unspecified atom stereocenters. The molecule has 0 bridgehead atoms. The van der Waals surface area contributed by atoms with Gasteiger partial charge in [-0.2, -0.15) is 9.97 Å². The van der Waals surface area contributed by atoms with Crippen molar-refractivity contribution in [3.63, 3.8) is 0 Å². The quantitative estimate of drug-likeness (QED) is 0.216. The van der Waals surface area contributed by atoms with Crippen LogP contribution < -0.4 is 19.8 Å². The highest BCUT2D eigenvalue weighted by Crippen LogP contribution is 2.40. The minimum atomic E-state index is -0.226. The molecule has 2 saturated heterocycles. The number of hydrogen-bond donors (Lipinski definition) is 3. The summed E-state index contributed by atoms with van der Waals surface area (Å²) in [6, 6.07) is 14.3. The fourth-order valence-electron chi connectivity index (χ4n) is 6.81.